The first-order valence-electron chi connectivity index (χ1n) is 41.6. The molecule has 0 spiro atoms. The number of benzene rings is 13. The van der Waals surface area contributed by atoms with Gasteiger partial charge in [-0.25, -0.2) is 24.9 Å². The number of aromatic hydroxyl groups is 6. The first kappa shape index (κ1) is 91.0. The van der Waals surface area contributed by atoms with Crippen LogP contribution in [0.2, 0.25) is 0 Å². The van der Waals surface area contributed by atoms with Crippen molar-refractivity contribution in [1.82, 2.24) is 89.6 Å². The molecule has 0 saturated heterocycles. The number of methoxy groups -OCH3 is 2. The highest BCUT2D eigenvalue weighted by molar-refractivity contribution is 14.1. The quantitative estimate of drug-likeness (QED) is 0.0262. The summed E-state index contributed by atoms with van der Waals surface area (Å²) in [6.07, 6.45) is 4.54. The van der Waals surface area contributed by atoms with Crippen LogP contribution in [0.4, 0.5) is 11.4 Å². The number of hydrogen-bond donors (Lipinski definition) is 14. The zero-order valence-electron chi connectivity index (χ0n) is 73.0. The second kappa shape index (κ2) is 39.1. The van der Waals surface area contributed by atoms with E-state index in [-0.39, 0.29) is 52.6 Å². The number of fused-ring (bicyclic) bond motifs is 9. The molecule has 0 aliphatic heterocycles. The summed E-state index contributed by atoms with van der Waals surface area (Å²) >= 11 is 4.50. The average molecular weight is 2030 g/mol. The Balaban J connectivity index is 0.000000119. The normalized spacial score (nSPS) is 11.0. The Morgan fingerprint density at radius 1 is 0.366 bits per heavy atom. The van der Waals surface area contributed by atoms with Gasteiger partial charge >= 0.3 is 0 Å². The van der Waals surface area contributed by atoms with E-state index in [4.69, 9.17) is 31.1 Å². The number of para-hydroxylation sites is 5. The van der Waals surface area contributed by atoms with Crippen molar-refractivity contribution in [3.05, 3.63) is 297 Å². The van der Waals surface area contributed by atoms with Crippen molar-refractivity contribution >= 4 is 161 Å². The van der Waals surface area contributed by atoms with E-state index in [9.17, 15) is 30.3 Å². The number of halogens is 3. The molecule has 17 N–H and O–H groups in total. The molecule has 23 aromatic rings. The molecular weight excluding hydrogens is 1940 g/mol. The smallest absolute Gasteiger partial charge is 0.170 e. The van der Waals surface area contributed by atoms with Gasteiger partial charge in [0.25, 0.3) is 0 Å². The maximum Gasteiger partial charge on any atom is 0.170 e. The molecule has 0 bridgehead atoms. The molecule has 670 valence electrons. The molecule has 0 aliphatic carbocycles. The average Bonchev–Trinajstić information content (AvgIpc) is 1.62. The number of aromatic nitrogens is 19. The first-order chi connectivity index (χ1) is 64.4. The van der Waals surface area contributed by atoms with Gasteiger partial charge in [0, 0.05) is 67.3 Å². The molecule has 0 atom stereocenters. The van der Waals surface area contributed by atoms with Crippen molar-refractivity contribution in [3.63, 3.8) is 0 Å². The number of H-pyrrole nitrogens is 7. The van der Waals surface area contributed by atoms with Crippen LogP contribution in [0.15, 0.2) is 267 Å². The Kier molecular flexibility index (Phi) is 26.6. The summed E-state index contributed by atoms with van der Waals surface area (Å²) in [7, 11) is 9.04. The van der Waals surface area contributed by atoms with Crippen LogP contribution in [-0.2, 0) is 21.1 Å². The standard InChI is InChI=1S/C23H20N4O2.C22H18N4O2.C21H16N4O2.C15H11IN4O.C9H7IN2O.C6H8N2O.C5H5N.ClH/c1-13-15(6-4-9-20(13)29-3)14-10-11-18-16(12-14)21(26-27(18)2)23-24-17-7-5-8-19(28)22(17)25-23;1-12-14(5-3-8-19(12)28-2)13-9-10-16-15(11-13)20(26-25-16)22-23-17-6-4-7-18(27)21(17)24-22;1-11-13(4-2-6-17(11)26)12-8-9-15-14(10-12)19(25-24-15)21-22-16-5-3-7-18(27)20(16)23-21;1-20-11-6-5-8(16)7-9(11)13(19-20)15-17-10-3-2-4-12(21)14(10)18-15;1-12-9-3-2-6(10)4-7(9)8(5-13)11-12;7-4-2-1-3-5(9)6(4)8;1-2-4-6-5-3-1;/h4-12,28H,1-3H3,(H,24,25);3-11,27H,1-2H3,(H,23,24)(H,25,26);2-10,26-27H,1H3,(H,22,23)(H,24,25);2-7,21H,1H3,(H,17,18);2-5H,1H3;1-3,9H,7-8H2;1-5H;1H. The maximum atomic E-state index is 10.7. The predicted octanol–water partition coefficient (Wildman–Crippen LogP) is 17.6. The number of carbonyl (C=O) groups is 1. The molecule has 10 heterocycles. The number of phenols is 6. The van der Waals surface area contributed by atoms with E-state index in [0.717, 1.165) is 163 Å². The Hall–Kier alpha value is -16.3. The van der Waals surface area contributed by atoms with Gasteiger partial charge in [0.05, 0.1) is 75.2 Å². The van der Waals surface area contributed by atoms with E-state index in [1.807, 2.05) is 177 Å². The molecule has 23 rings (SSSR count). The number of imidazole rings is 4. The van der Waals surface area contributed by atoms with Gasteiger partial charge in [-0.1, -0.05) is 91.0 Å². The zero-order chi connectivity index (χ0) is 93.0. The molecule has 0 fully saturated rings. The van der Waals surface area contributed by atoms with Gasteiger partial charge in [-0.3, -0.25) is 29.0 Å². The Bertz CT molecular complexity index is 8250. The zero-order valence-corrected chi connectivity index (χ0v) is 78.1. The number of nitrogens with zero attached hydrogens (tertiary/aromatic N) is 12. The molecule has 0 saturated carbocycles. The van der Waals surface area contributed by atoms with E-state index >= 15 is 0 Å². The maximum absolute atomic E-state index is 10.7. The molecule has 0 radical (unpaired) electrons. The third kappa shape index (κ3) is 18.5. The molecule has 13 aromatic carbocycles. The minimum atomic E-state index is 0. The Labute approximate surface area is 797 Å². The van der Waals surface area contributed by atoms with Crippen molar-refractivity contribution in [3.8, 4) is 125 Å². The van der Waals surface area contributed by atoms with Crippen molar-refractivity contribution in [2.45, 2.75) is 20.8 Å². The van der Waals surface area contributed by atoms with Crippen molar-refractivity contribution in [2.75, 3.05) is 25.7 Å². The fourth-order valence-electron chi connectivity index (χ4n) is 15.8. The largest absolute Gasteiger partial charge is 1.00 e. The van der Waals surface area contributed by atoms with Gasteiger partial charge in [0.15, 0.2) is 42.0 Å². The predicted molar refractivity (Wildman–Crippen MR) is 537 cm³/mol. The number of anilines is 2. The number of phenolic OH excluding ortho intramolecular Hbond substituents is 6. The lowest BCUT2D eigenvalue weighted by atomic mass is 9.98. The fraction of sp³-hybridized carbons (Fsp3) is 0.0792. The first-order valence-corrected chi connectivity index (χ1v) is 43.7. The molecular formula is C101H86ClI2N21O9. The summed E-state index contributed by atoms with van der Waals surface area (Å²) in [6.45, 7) is 6.01. The topological polar surface area (TPSA) is 449 Å². The van der Waals surface area contributed by atoms with Crippen LogP contribution in [0.5, 0.6) is 46.0 Å². The third-order valence-electron chi connectivity index (χ3n) is 22.6. The van der Waals surface area contributed by atoms with E-state index in [1.54, 1.807) is 85.6 Å². The van der Waals surface area contributed by atoms with Gasteiger partial charge in [-0.2, -0.15) is 25.5 Å². The van der Waals surface area contributed by atoms with E-state index in [1.165, 1.54) is 6.07 Å². The molecule has 33 heteroatoms. The minimum absolute atomic E-state index is 0. The van der Waals surface area contributed by atoms with Gasteiger partial charge in [-0.05, 0) is 268 Å². The number of nitrogens with one attached hydrogen (secondary N) is 7. The summed E-state index contributed by atoms with van der Waals surface area (Å²) in [4.78, 5) is 44.7. The van der Waals surface area contributed by atoms with Crippen LogP contribution in [-0.4, -0.2) is 141 Å². The third-order valence-corrected chi connectivity index (χ3v) is 23.9. The van der Waals surface area contributed by atoms with Gasteiger partial charge in [-0.15, -0.1) is 0 Å². The summed E-state index contributed by atoms with van der Waals surface area (Å²) in [6, 6.07) is 80.0. The molecule has 134 heavy (non-hydrogen) atoms. The highest BCUT2D eigenvalue weighted by atomic mass is 127. The van der Waals surface area contributed by atoms with Crippen LogP contribution >= 0.6 is 45.2 Å². The lowest BCUT2D eigenvalue weighted by Crippen LogP contribution is -3.00. The molecule has 0 amide bonds. The van der Waals surface area contributed by atoms with E-state index in [2.05, 4.69) is 189 Å². The highest BCUT2D eigenvalue weighted by Crippen LogP contribution is 2.41. The number of aromatic amines is 7. The van der Waals surface area contributed by atoms with Crippen LogP contribution < -0.4 is 38.3 Å². The Morgan fingerprint density at radius 2 is 0.716 bits per heavy atom. The Morgan fingerprint density at radius 3 is 1.11 bits per heavy atom. The number of pyridine rings is 1. The summed E-state index contributed by atoms with van der Waals surface area (Å²) in [5.41, 5.74) is 34.2. The number of aryl methyl sites for hydroxylation is 3. The van der Waals surface area contributed by atoms with Crippen LogP contribution in [0.1, 0.15) is 27.2 Å². The van der Waals surface area contributed by atoms with Crippen LogP contribution in [0, 0.1) is 27.9 Å². The number of aldehydes is 1. The molecule has 0 unspecified atom stereocenters. The van der Waals surface area contributed by atoms with Gasteiger partial charge in [0.2, 0.25) is 0 Å². The summed E-state index contributed by atoms with van der Waals surface area (Å²) in [5.74, 6) is 5.12. The monoisotopic (exact) mass is 2030 g/mol. The second-order valence-corrected chi connectivity index (χ2v) is 33.4. The van der Waals surface area contributed by atoms with Crippen molar-refractivity contribution < 1.29 is 62.3 Å². The van der Waals surface area contributed by atoms with Gasteiger partial charge < -0.3 is 83.9 Å². The second-order valence-electron chi connectivity index (χ2n) is 30.9. The molecule has 0 aliphatic rings. The lowest BCUT2D eigenvalue weighted by molar-refractivity contribution is -0.378. The minimum Gasteiger partial charge on any atom is -1.00 e. The number of rotatable bonds is 10. The van der Waals surface area contributed by atoms with Crippen LogP contribution in [0.3, 0.4) is 0 Å². The number of nitrogen functional groups attached to an aromatic ring is 2. The molecule has 10 aromatic heterocycles. The number of hydrogen-bond acceptors (Lipinski definition) is 20. The van der Waals surface area contributed by atoms with E-state index in [0.29, 0.717) is 68.1 Å². The van der Waals surface area contributed by atoms with Crippen LogP contribution in [0.25, 0.3) is 178 Å². The lowest BCUT2D eigenvalue weighted by Gasteiger charge is -2.10. The summed E-state index contributed by atoms with van der Waals surface area (Å²) in [5, 5.41) is 92.1. The summed E-state index contributed by atoms with van der Waals surface area (Å²) < 4.78 is 18.6. The van der Waals surface area contributed by atoms with Crippen molar-refractivity contribution in [2.24, 2.45) is 21.1 Å². The number of nitrogens with two attached hydrogens (primary N) is 2. The molecule has 30 nitrogen and oxygen atoms in total. The fourth-order valence-corrected chi connectivity index (χ4v) is 16.7. The number of ether oxygens (including phenoxy) is 2. The van der Waals surface area contributed by atoms with Gasteiger partial charge in [0.1, 0.15) is 96.5 Å². The van der Waals surface area contributed by atoms with Crippen molar-refractivity contribution in [1.29, 1.82) is 0 Å². The number of carbonyl (C=O) groups excluding carboxylic acids is 1. The SMILES string of the molecule is COc1cccc(-c2ccc3[nH]nc(-c4nc5c(O)cccc5[nH]4)c3c2)c1C.COc1cccc(-c2ccc3c(c2)c(-c2nc4c(O)cccc4[nH]2)nn3C)c1C.Cc1c(O)cccc1-c1ccc2[nH]nc(-c3nc4c(O)cccc4[nH]3)c2c1.Cn1nc(-c2nc3c(O)cccc3[nH]2)c2cc(I)ccc21.Cn1nc(C=O)c2cc(I)ccc21.Nc1cccc(O)c1N.[Cl-].c1cc[nH+]cc1. The highest BCUT2D eigenvalue weighted by Gasteiger charge is 2.23. The van der Waals surface area contributed by atoms with E-state index < -0.39 is 0 Å².